The van der Waals surface area contributed by atoms with E-state index < -0.39 is 0 Å². The first-order chi connectivity index (χ1) is 12.7. The van der Waals surface area contributed by atoms with Gasteiger partial charge in [0.25, 0.3) is 0 Å². The minimum absolute atomic E-state index is 0.0235. The Bertz CT molecular complexity index is 796. The summed E-state index contributed by atoms with van der Waals surface area (Å²) in [6.07, 6.45) is 8.06. The van der Waals surface area contributed by atoms with Crippen molar-refractivity contribution in [2.24, 2.45) is 0 Å². The van der Waals surface area contributed by atoms with Crippen molar-refractivity contribution in [3.63, 3.8) is 0 Å². The second-order valence-electron chi connectivity index (χ2n) is 6.31. The monoisotopic (exact) mass is 349 g/mol. The summed E-state index contributed by atoms with van der Waals surface area (Å²) in [5, 5.41) is 2.63. The van der Waals surface area contributed by atoms with E-state index in [0.717, 1.165) is 30.8 Å². The third kappa shape index (κ3) is 5.21. The minimum Gasteiger partial charge on any atom is -0.489 e. The average molecular weight is 349 g/mol. The predicted octanol–water partition coefficient (Wildman–Crippen LogP) is 3.84. The number of hydrogen-bond donors (Lipinski definition) is 1. The molecule has 3 rings (SSSR count). The van der Waals surface area contributed by atoms with E-state index >= 15 is 0 Å². The lowest BCUT2D eigenvalue weighted by Crippen LogP contribution is -2.23. The molecule has 1 amide bonds. The first kappa shape index (κ1) is 17.7. The molecule has 26 heavy (non-hydrogen) atoms. The molecule has 134 valence electrons. The van der Waals surface area contributed by atoms with Crippen LogP contribution in [0.1, 0.15) is 17.5 Å². The van der Waals surface area contributed by atoms with Crippen LogP contribution in [0.25, 0.3) is 0 Å². The van der Waals surface area contributed by atoms with Crippen LogP contribution in [0.4, 0.5) is 5.69 Å². The molecule has 1 unspecified atom stereocenters. The van der Waals surface area contributed by atoms with Gasteiger partial charge in [0, 0.05) is 18.1 Å². The van der Waals surface area contributed by atoms with Crippen LogP contribution in [0, 0.1) is 6.92 Å². The summed E-state index contributed by atoms with van der Waals surface area (Å²) >= 11 is 0. The highest BCUT2D eigenvalue weighted by Crippen LogP contribution is 2.19. The molecule has 0 saturated heterocycles. The zero-order valence-corrected chi connectivity index (χ0v) is 14.8. The van der Waals surface area contributed by atoms with Crippen molar-refractivity contribution in [3.8, 4) is 5.75 Å². The molecule has 5 heteroatoms. The number of anilines is 1. The van der Waals surface area contributed by atoms with Crippen LogP contribution in [0.5, 0.6) is 5.75 Å². The average Bonchev–Trinajstić information content (AvgIpc) is 3.16. The number of nitrogens with one attached hydrogen (secondary N) is 1. The lowest BCUT2D eigenvalue weighted by Gasteiger charge is -2.20. The molecule has 0 spiro atoms. The Labute approximate surface area is 153 Å². The van der Waals surface area contributed by atoms with Gasteiger partial charge in [-0.1, -0.05) is 29.8 Å². The molecule has 1 aromatic heterocycles. The number of imidazole rings is 1. The minimum atomic E-state index is 0.0235. The van der Waals surface area contributed by atoms with E-state index in [9.17, 15) is 4.79 Å². The Morgan fingerprint density at radius 1 is 1.15 bits per heavy atom. The number of aryl methyl sites for hydroxylation is 2. The van der Waals surface area contributed by atoms with Crippen LogP contribution < -0.4 is 10.1 Å². The summed E-state index contributed by atoms with van der Waals surface area (Å²) in [5.74, 6) is 0.787. The number of ether oxygens (including phenoxy) is 1. The van der Waals surface area contributed by atoms with Gasteiger partial charge < -0.3 is 14.6 Å². The van der Waals surface area contributed by atoms with Gasteiger partial charge in [-0.2, -0.15) is 0 Å². The van der Waals surface area contributed by atoms with Crippen molar-refractivity contribution in [3.05, 3.63) is 78.4 Å². The highest BCUT2D eigenvalue weighted by atomic mass is 16.5. The lowest BCUT2D eigenvalue weighted by atomic mass is 10.1. The van der Waals surface area contributed by atoms with Gasteiger partial charge in [-0.05, 0) is 49.6 Å². The summed E-state index contributed by atoms with van der Waals surface area (Å²) in [4.78, 5) is 14.6. The highest BCUT2D eigenvalue weighted by molar-refractivity contribution is 5.71. The largest absolute Gasteiger partial charge is 0.489 e. The molecule has 0 aliphatic rings. The number of carbonyl (C=O) groups is 1. The first-order valence-corrected chi connectivity index (χ1v) is 8.71. The molecule has 1 atom stereocenters. The maximum absolute atomic E-state index is 10.5. The molecular formula is C21H23N3O2. The summed E-state index contributed by atoms with van der Waals surface area (Å²) in [6, 6.07) is 16.0. The SMILES string of the molecule is Cc1ccc(CCC(Cn2ccnc2)Oc2ccc(NC=O)cc2)cc1. The number of rotatable bonds is 9. The fourth-order valence-corrected chi connectivity index (χ4v) is 2.79. The maximum Gasteiger partial charge on any atom is 0.211 e. The quantitative estimate of drug-likeness (QED) is 0.597. The Morgan fingerprint density at radius 2 is 1.92 bits per heavy atom. The third-order valence-electron chi connectivity index (χ3n) is 4.23. The van der Waals surface area contributed by atoms with E-state index in [1.807, 2.05) is 35.0 Å². The molecule has 0 fully saturated rings. The molecule has 0 saturated carbocycles. The van der Waals surface area contributed by atoms with Crippen LogP contribution in [-0.4, -0.2) is 22.1 Å². The number of aromatic nitrogens is 2. The number of amides is 1. The molecule has 0 radical (unpaired) electrons. The fraction of sp³-hybridized carbons (Fsp3) is 0.238. The molecule has 0 bridgehead atoms. The number of nitrogens with zero attached hydrogens (tertiary/aromatic N) is 2. The van der Waals surface area contributed by atoms with Gasteiger partial charge in [-0.3, -0.25) is 4.79 Å². The van der Waals surface area contributed by atoms with Gasteiger partial charge in [0.05, 0.1) is 12.9 Å². The topological polar surface area (TPSA) is 56.1 Å². The van der Waals surface area contributed by atoms with Crippen LogP contribution in [0.3, 0.4) is 0 Å². The number of hydrogen-bond acceptors (Lipinski definition) is 3. The summed E-state index contributed by atoms with van der Waals surface area (Å²) in [7, 11) is 0. The summed E-state index contributed by atoms with van der Waals surface area (Å²) < 4.78 is 8.23. The summed E-state index contributed by atoms with van der Waals surface area (Å²) in [5.41, 5.74) is 3.32. The van der Waals surface area contributed by atoms with Crippen LogP contribution in [0.2, 0.25) is 0 Å². The van der Waals surface area contributed by atoms with E-state index in [1.54, 1.807) is 12.5 Å². The lowest BCUT2D eigenvalue weighted by molar-refractivity contribution is -0.105. The molecule has 1 heterocycles. The van der Waals surface area contributed by atoms with Gasteiger partial charge in [0.15, 0.2) is 0 Å². The first-order valence-electron chi connectivity index (χ1n) is 8.71. The molecule has 0 aliphatic heterocycles. The molecule has 3 aromatic rings. The standard InChI is InChI=1S/C21H23N3O2/c1-17-2-4-18(5-3-17)6-9-21(14-24-13-12-22-15-24)26-20-10-7-19(8-11-20)23-16-25/h2-5,7-8,10-13,15-16,21H,6,9,14H2,1H3,(H,23,25). The highest BCUT2D eigenvalue weighted by Gasteiger charge is 2.12. The van der Waals surface area contributed by atoms with Gasteiger partial charge >= 0.3 is 0 Å². The van der Waals surface area contributed by atoms with Gasteiger partial charge in [0.1, 0.15) is 11.9 Å². The number of carbonyl (C=O) groups excluding carboxylic acids is 1. The van der Waals surface area contributed by atoms with Gasteiger partial charge in [-0.25, -0.2) is 4.98 Å². The van der Waals surface area contributed by atoms with E-state index in [0.29, 0.717) is 6.41 Å². The van der Waals surface area contributed by atoms with Crippen molar-refractivity contribution in [1.29, 1.82) is 0 Å². The van der Waals surface area contributed by atoms with E-state index in [-0.39, 0.29) is 6.10 Å². The zero-order chi connectivity index (χ0) is 18.2. The molecular weight excluding hydrogens is 326 g/mol. The van der Waals surface area contributed by atoms with Crippen molar-refractivity contribution >= 4 is 12.1 Å². The Kier molecular flexibility index (Phi) is 6.04. The van der Waals surface area contributed by atoms with Crippen LogP contribution >= 0.6 is 0 Å². The number of benzene rings is 2. The van der Waals surface area contributed by atoms with Gasteiger partial charge in [-0.15, -0.1) is 0 Å². The Balaban J connectivity index is 1.65. The Hall–Kier alpha value is -3.08. The zero-order valence-electron chi connectivity index (χ0n) is 14.8. The van der Waals surface area contributed by atoms with E-state index in [1.165, 1.54) is 11.1 Å². The molecule has 1 N–H and O–H groups in total. The smallest absolute Gasteiger partial charge is 0.211 e. The second-order valence-corrected chi connectivity index (χ2v) is 6.31. The Morgan fingerprint density at radius 3 is 2.58 bits per heavy atom. The van der Waals surface area contributed by atoms with E-state index in [4.69, 9.17) is 4.74 Å². The van der Waals surface area contributed by atoms with Crippen LogP contribution in [0.15, 0.2) is 67.3 Å². The van der Waals surface area contributed by atoms with Crippen molar-refractivity contribution in [2.45, 2.75) is 32.4 Å². The summed E-state index contributed by atoms with van der Waals surface area (Å²) in [6.45, 7) is 2.83. The molecule has 5 nitrogen and oxygen atoms in total. The molecule has 2 aromatic carbocycles. The van der Waals surface area contributed by atoms with Crippen molar-refractivity contribution < 1.29 is 9.53 Å². The second kappa shape index (κ2) is 8.85. The fourth-order valence-electron chi connectivity index (χ4n) is 2.79. The molecule has 0 aliphatic carbocycles. The maximum atomic E-state index is 10.5. The van der Waals surface area contributed by atoms with E-state index in [2.05, 4.69) is 41.5 Å². The van der Waals surface area contributed by atoms with Crippen LogP contribution in [-0.2, 0) is 17.8 Å². The normalized spacial score (nSPS) is 11.7. The van der Waals surface area contributed by atoms with Crippen molar-refractivity contribution in [2.75, 3.05) is 5.32 Å². The predicted molar refractivity (Wildman–Crippen MR) is 102 cm³/mol. The van der Waals surface area contributed by atoms with Gasteiger partial charge in [0.2, 0.25) is 6.41 Å². The third-order valence-corrected chi connectivity index (χ3v) is 4.23. The van der Waals surface area contributed by atoms with Crippen molar-refractivity contribution in [1.82, 2.24) is 9.55 Å².